The first-order valence-electron chi connectivity index (χ1n) is 15.9. The monoisotopic (exact) mass is 735 g/mol. The molecule has 15 heteroatoms. The van der Waals surface area contributed by atoms with Crippen molar-refractivity contribution in [2.45, 2.75) is 24.1 Å². The van der Waals surface area contributed by atoms with Crippen molar-refractivity contribution in [1.82, 2.24) is 15.2 Å². The summed E-state index contributed by atoms with van der Waals surface area (Å²) in [4.78, 5) is 78.0. The molecule has 2 aliphatic rings. The molecule has 0 saturated carbocycles. The van der Waals surface area contributed by atoms with Crippen LogP contribution < -0.4 is 26.6 Å². The van der Waals surface area contributed by atoms with Crippen LogP contribution in [-0.4, -0.2) is 57.7 Å². The standard InChI is InChI=1S/C37H29N5O8S2/c1-48-41-26(24-19-52-37(38)39-24)33(45)40-27-34(46)42-28(36(47)50-31(21-13-7-3-8-14-21)22-15-9-4-10-16-22)23(18-51-35(27)42)25-29(43)30(44)32(25)49-17-20-11-5-2-6-12-20/h2-16,19,27,31,35H,17-18H2,1H3,(H2,38,39)(H,40,45)/t27?,35-/m0/s1. The third kappa shape index (κ3) is 6.47. The van der Waals surface area contributed by atoms with E-state index in [1.54, 1.807) is 36.4 Å². The van der Waals surface area contributed by atoms with Gasteiger partial charge in [0.15, 0.2) is 22.7 Å². The third-order valence-corrected chi connectivity index (χ3v) is 10.4. The molecule has 1 aromatic heterocycles. The molecule has 0 bridgehead atoms. The number of carbonyl (C=O) groups excluding carboxylic acids is 3. The number of rotatable bonds is 12. The largest absolute Gasteiger partial charge is 0.484 e. The van der Waals surface area contributed by atoms with E-state index in [0.29, 0.717) is 11.1 Å². The molecule has 7 rings (SSSR count). The van der Waals surface area contributed by atoms with Crippen LogP contribution in [0.4, 0.5) is 5.13 Å². The average molecular weight is 736 g/mol. The number of hydrogen-bond donors (Lipinski definition) is 2. The molecule has 1 fully saturated rings. The number of anilines is 1. The molecule has 2 atom stereocenters. The van der Waals surface area contributed by atoms with Gasteiger partial charge < -0.3 is 25.4 Å². The maximum atomic E-state index is 14.4. The number of ether oxygens (including phenoxy) is 2. The highest BCUT2D eigenvalue weighted by Crippen LogP contribution is 2.45. The van der Waals surface area contributed by atoms with Crippen molar-refractivity contribution in [3.63, 3.8) is 0 Å². The minimum absolute atomic E-state index is 0.00163. The van der Waals surface area contributed by atoms with Gasteiger partial charge in [0, 0.05) is 16.7 Å². The van der Waals surface area contributed by atoms with E-state index in [1.807, 2.05) is 54.6 Å². The molecule has 3 N–H and O–H groups in total. The Balaban J connectivity index is 1.25. The van der Waals surface area contributed by atoms with E-state index in [2.05, 4.69) is 15.5 Å². The number of fused-ring (bicyclic) bond motifs is 1. The number of benzene rings is 3. The number of nitrogens with two attached hydrogens (primary N) is 1. The van der Waals surface area contributed by atoms with Crippen LogP contribution in [0.25, 0.3) is 5.57 Å². The summed E-state index contributed by atoms with van der Waals surface area (Å²) in [5.74, 6) is -2.49. The van der Waals surface area contributed by atoms with Gasteiger partial charge in [-0.15, -0.1) is 23.1 Å². The number of aromatic nitrogens is 1. The molecule has 52 heavy (non-hydrogen) atoms. The van der Waals surface area contributed by atoms with Crippen LogP contribution >= 0.6 is 23.1 Å². The molecule has 1 saturated heterocycles. The Hall–Kier alpha value is -6.06. The Kier molecular flexibility index (Phi) is 9.69. The topological polar surface area (TPSA) is 180 Å². The highest BCUT2D eigenvalue weighted by Gasteiger charge is 2.56. The second kappa shape index (κ2) is 14.7. The number of amides is 2. The number of oxime groups is 1. The quantitative estimate of drug-likeness (QED) is 0.0631. The Morgan fingerprint density at radius 1 is 0.962 bits per heavy atom. The van der Waals surface area contributed by atoms with E-state index in [9.17, 15) is 24.0 Å². The molecular formula is C37H29N5O8S2. The van der Waals surface area contributed by atoms with E-state index >= 15 is 0 Å². The van der Waals surface area contributed by atoms with Crippen LogP contribution in [0.2, 0.25) is 0 Å². The van der Waals surface area contributed by atoms with Gasteiger partial charge in [0.05, 0.1) is 5.56 Å². The van der Waals surface area contributed by atoms with E-state index < -0.39 is 46.2 Å². The van der Waals surface area contributed by atoms with E-state index in [0.717, 1.165) is 16.9 Å². The fourth-order valence-electron chi connectivity index (χ4n) is 5.96. The lowest BCUT2D eigenvalue weighted by Gasteiger charge is -2.49. The predicted molar refractivity (Wildman–Crippen MR) is 195 cm³/mol. The van der Waals surface area contributed by atoms with Gasteiger partial charge in [-0.05, 0) is 16.7 Å². The smallest absolute Gasteiger partial charge is 0.356 e. The number of thiazole rings is 1. The van der Waals surface area contributed by atoms with Crippen molar-refractivity contribution in [2.24, 2.45) is 5.16 Å². The molecule has 0 spiro atoms. The van der Waals surface area contributed by atoms with Gasteiger partial charge >= 0.3 is 5.97 Å². The maximum Gasteiger partial charge on any atom is 0.356 e. The normalized spacial score (nSPS) is 17.1. The second-order valence-corrected chi connectivity index (χ2v) is 13.6. The van der Waals surface area contributed by atoms with Crippen molar-refractivity contribution in [3.8, 4) is 5.75 Å². The molecule has 0 radical (unpaired) electrons. The highest BCUT2D eigenvalue weighted by atomic mass is 32.2. The van der Waals surface area contributed by atoms with Crippen molar-refractivity contribution in [1.29, 1.82) is 0 Å². The van der Waals surface area contributed by atoms with Gasteiger partial charge in [0.2, 0.25) is 5.43 Å². The summed E-state index contributed by atoms with van der Waals surface area (Å²) in [6.07, 6.45) is -0.886. The Labute approximate surface area is 304 Å². The number of hydrogen-bond acceptors (Lipinski definition) is 13. The van der Waals surface area contributed by atoms with E-state index in [4.69, 9.17) is 20.0 Å². The molecule has 3 heterocycles. The zero-order chi connectivity index (χ0) is 36.4. The van der Waals surface area contributed by atoms with Crippen LogP contribution in [0.1, 0.15) is 34.1 Å². The second-order valence-electron chi connectivity index (χ2n) is 11.6. The summed E-state index contributed by atoms with van der Waals surface area (Å²) in [5, 5.41) is 7.41. The first kappa shape index (κ1) is 34.4. The Bertz CT molecular complexity index is 2250. The zero-order valence-electron chi connectivity index (χ0n) is 27.4. The summed E-state index contributed by atoms with van der Waals surface area (Å²) >= 11 is 2.30. The first-order valence-corrected chi connectivity index (χ1v) is 17.8. The molecule has 2 amide bonds. The number of nitrogens with zero attached hydrogens (tertiary/aromatic N) is 3. The van der Waals surface area contributed by atoms with Crippen LogP contribution in [-0.2, 0) is 30.6 Å². The van der Waals surface area contributed by atoms with Crippen LogP contribution in [0.5, 0.6) is 5.75 Å². The lowest BCUT2D eigenvalue weighted by molar-refractivity contribution is -0.154. The zero-order valence-corrected chi connectivity index (χ0v) is 29.0. The van der Waals surface area contributed by atoms with E-state index in [1.165, 1.54) is 29.2 Å². The molecule has 2 aliphatic heterocycles. The first-order chi connectivity index (χ1) is 25.3. The lowest BCUT2D eigenvalue weighted by atomic mass is 9.95. The molecule has 1 unspecified atom stereocenters. The minimum Gasteiger partial charge on any atom is -0.484 e. The van der Waals surface area contributed by atoms with Gasteiger partial charge in [0.1, 0.15) is 36.5 Å². The molecule has 4 aromatic carbocycles. The summed E-state index contributed by atoms with van der Waals surface area (Å²) < 4.78 is 12.0. The van der Waals surface area contributed by atoms with Crippen molar-refractivity contribution in [2.75, 3.05) is 18.6 Å². The predicted octanol–water partition coefficient (Wildman–Crippen LogP) is 3.39. The van der Waals surface area contributed by atoms with E-state index in [-0.39, 0.29) is 51.5 Å². The van der Waals surface area contributed by atoms with Crippen molar-refractivity contribution < 1.29 is 28.7 Å². The van der Waals surface area contributed by atoms with Gasteiger partial charge in [-0.3, -0.25) is 24.1 Å². The molecule has 5 aromatic rings. The van der Waals surface area contributed by atoms with Crippen LogP contribution in [0, 0.1) is 0 Å². The van der Waals surface area contributed by atoms with Crippen LogP contribution in [0.15, 0.2) is 117 Å². The number of nitrogen functional groups attached to an aromatic ring is 1. The van der Waals surface area contributed by atoms with Gasteiger partial charge in [-0.2, -0.15) is 0 Å². The summed E-state index contributed by atoms with van der Waals surface area (Å²) in [7, 11) is 1.26. The number of nitrogens with one attached hydrogen (secondary N) is 1. The number of carbonyl (C=O) groups is 3. The number of esters is 1. The highest BCUT2D eigenvalue weighted by molar-refractivity contribution is 8.00. The third-order valence-electron chi connectivity index (χ3n) is 8.43. The molecule has 13 nitrogen and oxygen atoms in total. The Morgan fingerprint density at radius 2 is 1.60 bits per heavy atom. The lowest BCUT2D eigenvalue weighted by Crippen LogP contribution is -2.71. The molecule has 262 valence electrons. The average Bonchev–Trinajstić information content (AvgIpc) is 3.62. The summed E-state index contributed by atoms with van der Waals surface area (Å²) in [6, 6.07) is 26.1. The van der Waals surface area contributed by atoms with Gasteiger partial charge in [0.25, 0.3) is 17.2 Å². The summed E-state index contributed by atoms with van der Waals surface area (Å²) in [5.41, 5.74) is 5.94. The minimum atomic E-state index is -1.10. The van der Waals surface area contributed by atoms with Crippen LogP contribution in [0.3, 0.4) is 0 Å². The summed E-state index contributed by atoms with van der Waals surface area (Å²) in [6.45, 7) is -0.00163. The van der Waals surface area contributed by atoms with Gasteiger partial charge in [-0.25, -0.2) is 9.78 Å². The van der Waals surface area contributed by atoms with Crippen molar-refractivity contribution >= 4 is 57.3 Å². The Morgan fingerprint density at radius 3 is 2.19 bits per heavy atom. The number of β-lactam (4-membered cyclic amide) rings is 1. The fraction of sp³-hybridized carbons (Fsp3) is 0.162. The number of thioether (sulfide) groups is 1. The molecular weight excluding hydrogens is 707 g/mol. The SMILES string of the molecule is CON=C(C(=O)NC1C(=O)N2C(C(=O)OC(c3ccccc3)c3ccccc3)=C(c3c(OCc4ccccc4)c(=O)c3=O)CS[C@@H]12)c1csc(N)n1. The van der Waals surface area contributed by atoms with Crippen molar-refractivity contribution in [3.05, 3.63) is 150 Å². The fourth-order valence-corrected chi connectivity index (χ4v) is 7.86. The molecule has 0 aliphatic carbocycles. The van der Waals surface area contributed by atoms with Gasteiger partial charge in [-0.1, -0.05) is 96.2 Å². The maximum absolute atomic E-state index is 14.4.